The molecule has 0 aliphatic carbocycles. The van der Waals surface area contributed by atoms with E-state index in [1.807, 2.05) is 0 Å². The van der Waals surface area contributed by atoms with Gasteiger partial charge in [0, 0.05) is 12.6 Å². The van der Waals surface area contributed by atoms with Gasteiger partial charge in [0.05, 0.1) is 5.56 Å². The molecule has 0 saturated carbocycles. The first-order chi connectivity index (χ1) is 6.46. The van der Waals surface area contributed by atoms with Gasteiger partial charge in [-0.15, -0.1) is 0 Å². The first-order valence-electron chi connectivity index (χ1n) is 4.08. The summed E-state index contributed by atoms with van der Waals surface area (Å²) in [5, 5.41) is 0. The van der Waals surface area contributed by atoms with E-state index in [0.29, 0.717) is 0 Å². The first kappa shape index (κ1) is 11.0. The summed E-state index contributed by atoms with van der Waals surface area (Å²) in [6.07, 6.45) is -4.37. The van der Waals surface area contributed by atoms with Gasteiger partial charge in [-0.05, 0) is 11.6 Å². The fourth-order valence-corrected chi connectivity index (χ4v) is 1.21. The molecule has 0 aliphatic heterocycles. The molecule has 0 radical (unpaired) electrons. The standard InChI is InChI=1S/C9H11F3N2/c10-9(11,12)7-4-2-1-3-6(7)8(14)5-13/h1-4,8H,5,13-14H2/t8-/m1/s1. The fourth-order valence-electron chi connectivity index (χ4n) is 1.21. The predicted octanol–water partition coefficient (Wildman–Crippen LogP) is 1.66. The zero-order chi connectivity index (χ0) is 10.8. The van der Waals surface area contributed by atoms with Crippen molar-refractivity contribution in [2.24, 2.45) is 11.5 Å². The number of hydrogen-bond donors (Lipinski definition) is 2. The minimum Gasteiger partial charge on any atom is -0.329 e. The molecule has 14 heavy (non-hydrogen) atoms. The van der Waals surface area contributed by atoms with Crippen LogP contribution in [0.4, 0.5) is 13.2 Å². The molecule has 0 aliphatic rings. The van der Waals surface area contributed by atoms with Crippen LogP contribution in [0.25, 0.3) is 0 Å². The number of hydrogen-bond acceptors (Lipinski definition) is 2. The highest BCUT2D eigenvalue weighted by molar-refractivity contribution is 5.32. The average Bonchev–Trinajstić information content (AvgIpc) is 2.15. The minimum absolute atomic E-state index is 0.00685. The van der Waals surface area contributed by atoms with Crippen LogP contribution in [-0.4, -0.2) is 6.54 Å². The van der Waals surface area contributed by atoms with E-state index in [9.17, 15) is 13.2 Å². The molecule has 1 atom stereocenters. The molecule has 1 rings (SSSR count). The zero-order valence-corrected chi connectivity index (χ0v) is 7.38. The third kappa shape index (κ3) is 2.24. The van der Waals surface area contributed by atoms with Crippen LogP contribution in [0.2, 0.25) is 0 Å². The predicted molar refractivity (Wildman–Crippen MR) is 47.4 cm³/mol. The maximum atomic E-state index is 12.4. The number of rotatable bonds is 2. The normalized spacial score (nSPS) is 14.1. The van der Waals surface area contributed by atoms with E-state index in [2.05, 4.69) is 0 Å². The molecule has 0 bridgehead atoms. The quantitative estimate of drug-likeness (QED) is 0.769. The summed E-state index contributed by atoms with van der Waals surface area (Å²) in [5.41, 5.74) is 10.0. The molecule has 1 aromatic carbocycles. The van der Waals surface area contributed by atoms with Gasteiger partial charge >= 0.3 is 6.18 Å². The molecule has 1 aromatic rings. The second-order valence-electron chi connectivity index (χ2n) is 2.93. The molecule has 5 heteroatoms. The van der Waals surface area contributed by atoms with Gasteiger partial charge in [-0.2, -0.15) is 13.2 Å². The Kier molecular flexibility index (Phi) is 3.13. The Hall–Kier alpha value is -1.07. The van der Waals surface area contributed by atoms with Gasteiger partial charge in [0.2, 0.25) is 0 Å². The summed E-state index contributed by atoms with van der Waals surface area (Å²) in [6, 6.07) is 4.42. The summed E-state index contributed by atoms with van der Waals surface area (Å²) in [4.78, 5) is 0. The van der Waals surface area contributed by atoms with Crippen molar-refractivity contribution in [3.63, 3.8) is 0 Å². The third-order valence-electron chi connectivity index (χ3n) is 1.92. The first-order valence-corrected chi connectivity index (χ1v) is 4.08. The number of alkyl halides is 3. The Morgan fingerprint density at radius 1 is 1.21 bits per heavy atom. The molecule has 4 N–H and O–H groups in total. The topological polar surface area (TPSA) is 52.0 Å². The van der Waals surface area contributed by atoms with Gasteiger partial charge in [0.1, 0.15) is 0 Å². The van der Waals surface area contributed by atoms with Gasteiger partial charge in [-0.25, -0.2) is 0 Å². The second kappa shape index (κ2) is 3.98. The molecule has 0 heterocycles. The van der Waals surface area contributed by atoms with E-state index in [4.69, 9.17) is 11.5 Å². The van der Waals surface area contributed by atoms with Crippen molar-refractivity contribution in [2.45, 2.75) is 12.2 Å². The molecule has 0 fully saturated rings. The molecule has 0 saturated heterocycles. The Balaban J connectivity index is 3.16. The maximum Gasteiger partial charge on any atom is 0.416 e. The lowest BCUT2D eigenvalue weighted by molar-refractivity contribution is -0.138. The summed E-state index contributed by atoms with van der Waals surface area (Å²) in [6.45, 7) is -0.00685. The number of halogens is 3. The van der Waals surface area contributed by atoms with Crippen molar-refractivity contribution in [1.82, 2.24) is 0 Å². The highest BCUT2D eigenvalue weighted by atomic mass is 19.4. The molecule has 0 spiro atoms. The van der Waals surface area contributed by atoms with Gasteiger partial charge in [0.25, 0.3) is 0 Å². The van der Waals surface area contributed by atoms with Crippen LogP contribution < -0.4 is 11.5 Å². The fraction of sp³-hybridized carbons (Fsp3) is 0.333. The van der Waals surface area contributed by atoms with Gasteiger partial charge in [-0.1, -0.05) is 18.2 Å². The van der Waals surface area contributed by atoms with Gasteiger partial charge < -0.3 is 11.5 Å². The molecule has 2 nitrogen and oxygen atoms in total. The monoisotopic (exact) mass is 204 g/mol. The van der Waals surface area contributed by atoms with E-state index >= 15 is 0 Å². The molecular weight excluding hydrogens is 193 g/mol. The molecule has 0 amide bonds. The van der Waals surface area contributed by atoms with Crippen LogP contribution in [0.3, 0.4) is 0 Å². The van der Waals surface area contributed by atoms with Crippen molar-refractivity contribution in [3.05, 3.63) is 35.4 Å². The van der Waals surface area contributed by atoms with E-state index < -0.39 is 17.8 Å². The maximum absolute atomic E-state index is 12.4. The van der Waals surface area contributed by atoms with E-state index in [1.165, 1.54) is 18.2 Å². The lowest BCUT2D eigenvalue weighted by Gasteiger charge is -2.16. The number of benzene rings is 1. The molecular formula is C9H11F3N2. The highest BCUT2D eigenvalue weighted by Crippen LogP contribution is 2.33. The summed E-state index contributed by atoms with van der Waals surface area (Å²) >= 11 is 0. The van der Waals surface area contributed by atoms with Gasteiger partial charge in [0.15, 0.2) is 0 Å². The van der Waals surface area contributed by atoms with Crippen LogP contribution in [0.1, 0.15) is 17.2 Å². The molecule has 78 valence electrons. The lowest BCUT2D eigenvalue weighted by Crippen LogP contribution is -2.24. The lowest BCUT2D eigenvalue weighted by atomic mass is 10.0. The highest BCUT2D eigenvalue weighted by Gasteiger charge is 2.33. The minimum atomic E-state index is -4.37. The Morgan fingerprint density at radius 3 is 2.29 bits per heavy atom. The molecule has 0 aromatic heterocycles. The Morgan fingerprint density at radius 2 is 1.79 bits per heavy atom. The SMILES string of the molecule is NC[C@@H](N)c1ccccc1C(F)(F)F. The smallest absolute Gasteiger partial charge is 0.329 e. The van der Waals surface area contributed by atoms with E-state index in [1.54, 1.807) is 0 Å². The molecule has 0 unspecified atom stereocenters. The van der Waals surface area contributed by atoms with Crippen LogP contribution in [0, 0.1) is 0 Å². The summed E-state index contributed by atoms with van der Waals surface area (Å²) in [7, 11) is 0. The van der Waals surface area contributed by atoms with Crippen molar-refractivity contribution < 1.29 is 13.2 Å². The van der Waals surface area contributed by atoms with Crippen LogP contribution in [0.5, 0.6) is 0 Å². The second-order valence-corrected chi connectivity index (χ2v) is 2.93. The largest absolute Gasteiger partial charge is 0.416 e. The summed E-state index contributed by atoms with van der Waals surface area (Å²) in [5.74, 6) is 0. The Bertz CT molecular complexity index is 309. The van der Waals surface area contributed by atoms with Crippen molar-refractivity contribution in [3.8, 4) is 0 Å². The average molecular weight is 204 g/mol. The zero-order valence-electron chi connectivity index (χ0n) is 7.38. The van der Waals surface area contributed by atoms with Crippen LogP contribution in [0.15, 0.2) is 24.3 Å². The van der Waals surface area contributed by atoms with Crippen molar-refractivity contribution >= 4 is 0 Å². The summed E-state index contributed by atoms with van der Waals surface area (Å²) < 4.78 is 37.3. The Labute approximate surface area is 79.7 Å². The number of nitrogens with two attached hydrogens (primary N) is 2. The third-order valence-corrected chi connectivity index (χ3v) is 1.92. The van der Waals surface area contributed by atoms with E-state index in [-0.39, 0.29) is 12.1 Å². The van der Waals surface area contributed by atoms with E-state index in [0.717, 1.165) is 6.07 Å². The van der Waals surface area contributed by atoms with Gasteiger partial charge in [-0.3, -0.25) is 0 Å². The van der Waals surface area contributed by atoms with Crippen molar-refractivity contribution in [2.75, 3.05) is 6.54 Å². The van der Waals surface area contributed by atoms with Crippen LogP contribution >= 0.6 is 0 Å². The van der Waals surface area contributed by atoms with Crippen LogP contribution in [-0.2, 0) is 6.18 Å². The van der Waals surface area contributed by atoms with Crippen molar-refractivity contribution in [1.29, 1.82) is 0 Å².